The Balaban J connectivity index is 1.82. The van der Waals surface area contributed by atoms with Crippen molar-refractivity contribution in [2.75, 3.05) is 73.6 Å². The SMILES string of the molecule is C=C(/C=C(\C=C(/C)O)OC)/C(=C/C)C(=NC)NC1=CC=NC(NCCCN2CCN(CCCNC=O)CC2)N1C. The van der Waals surface area contributed by atoms with Gasteiger partial charge in [0.15, 0.2) is 6.29 Å². The zero-order chi connectivity index (χ0) is 29.3. The van der Waals surface area contributed by atoms with Crippen LogP contribution >= 0.6 is 0 Å². The van der Waals surface area contributed by atoms with Crippen molar-refractivity contribution in [2.45, 2.75) is 33.0 Å². The number of aliphatic hydroxyl groups excluding tert-OH is 1. The second kappa shape index (κ2) is 18.0. The molecule has 11 heteroatoms. The zero-order valence-electron chi connectivity index (χ0n) is 24.8. The predicted octanol–water partition coefficient (Wildman–Crippen LogP) is 1.97. The maximum Gasteiger partial charge on any atom is 0.207 e. The molecule has 2 aliphatic heterocycles. The molecule has 0 radical (unpaired) electrons. The van der Waals surface area contributed by atoms with Crippen molar-refractivity contribution in [1.82, 2.24) is 30.7 Å². The number of piperazine rings is 1. The van der Waals surface area contributed by atoms with Crippen molar-refractivity contribution in [3.05, 3.63) is 59.4 Å². The van der Waals surface area contributed by atoms with Gasteiger partial charge in [0, 0.05) is 71.2 Å². The van der Waals surface area contributed by atoms with Crippen molar-refractivity contribution in [3.63, 3.8) is 0 Å². The first-order chi connectivity index (χ1) is 19.3. The van der Waals surface area contributed by atoms with Gasteiger partial charge in [-0.05, 0) is 57.5 Å². The molecule has 4 N–H and O–H groups in total. The van der Waals surface area contributed by atoms with Crippen LogP contribution in [0.5, 0.6) is 0 Å². The Morgan fingerprint density at radius 1 is 1.20 bits per heavy atom. The molecule has 0 saturated carbocycles. The molecule has 1 fully saturated rings. The topological polar surface area (TPSA) is 117 Å². The number of amidine groups is 1. The number of amides is 1. The third-order valence-electron chi connectivity index (χ3n) is 6.79. The largest absolute Gasteiger partial charge is 0.512 e. The Hall–Kier alpha value is -3.41. The van der Waals surface area contributed by atoms with Gasteiger partial charge in [-0.15, -0.1) is 0 Å². The van der Waals surface area contributed by atoms with Crippen molar-refractivity contribution < 1.29 is 14.6 Å². The minimum absolute atomic E-state index is 0.149. The van der Waals surface area contributed by atoms with E-state index in [2.05, 4.69) is 42.3 Å². The lowest BCUT2D eigenvalue weighted by molar-refractivity contribution is -0.109. The lowest BCUT2D eigenvalue weighted by atomic mass is 10.0. The van der Waals surface area contributed by atoms with E-state index in [1.165, 1.54) is 6.08 Å². The van der Waals surface area contributed by atoms with Gasteiger partial charge < -0.3 is 35.2 Å². The van der Waals surface area contributed by atoms with E-state index in [0.29, 0.717) is 17.2 Å². The number of carbonyl (C=O) groups is 1. The van der Waals surface area contributed by atoms with Gasteiger partial charge in [0.25, 0.3) is 0 Å². The molecule has 0 spiro atoms. The van der Waals surface area contributed by atoms with Crippen LogP contribution in [-0.2, 0) is 9.53 Å². The lowest BCUT2D eigenvalue weighted by Crippen LogP contribution is -2.49. The maximum absolute atomic E-state index is 10.4. The number of ether oxygens (including phenoxy) is 1. The molecular formula is C29H48N8O3. The number of allylic oxidation sites excluding steroid dienone is 5. The zero-order valence-corrected chi connectivity index (χ0v) is 24.8. The number of rotatable bonds is 16. The smallest absolute Gasteiger partial charge is 0.207 e. The summed E-state index contributed by atoms with van der Waals surface area (Å²) >= 11 is 0. The monoisotopic (exact) mass is 556 g/mol. The molecule has 0 aliphatic carbocycles. The molecule has 0 bridgehead atoms. The molecule has 1 atom stereocenters. The highest BCUT2D eigenvalue weighted by molar-refractivity contribution is 6.03. The molecule has 0 aromatic carbocycles. The summed E-state index contributed by atoms with van der Waals surface area (Å²) in [5.74, 6) is 2.17. The molecule has 40 heavy (non-hydrogen) atoms. The van der Waals surface area contributed by atoms with Gasteiger partial charge in [0.1, 0.15) is 17.4 Å². The third-order valence-corrected chi connectivity index (χ3v) is 6.79. The number of methoxy groups -OCH3 is 1. The number of carbonyl (C=O) groups excluding carboxylic acids is 1. The number of nitrogens with one attached hydrogen (secondary N) is 3. The van der Waals surface area contributed by atoms with E-state index in [1.54, 1.807) is 33.4 Å². The first-order valence-electron chi connectivity index (χ1n) is 13.9. The van der Waals surface area contributed by atoms with Crippen LogP contribution < -0.4 is 16.0 Å². The number of nitrogens with zero attached hydrogens (tertiary/aromatic N) is 5. The maximum atomic E-state index is 10.4. The average Bonchev–Trinajstić information content (AvgIpc) is 2.94. The summed E-state index contributed by atoms with van der Waals surface area (Å²) in [4.78, 5) is 26.5. The van der Waals surface area contributed by atoms with Crippen molar-refractivity contribution in [2.24, 2.45) is 9.98 Å². The highest BCUT2D eigenvalue weighted by atomic mass is 16.5. The third kappa shape index (κ3) is 11.0. The van der Waals surface area contributed by atoms with Crippen LogP contribution in [0.15, 0.2) is 69.4 Å². The molecule has 222 valence electrons. The molecule has 2 aliphatic rings. The summed E-state index contributed by atoms with van der Waals surface area (Å²) in [6.45, 7) is 15.7. The molecular weight excluding hydrogens is 508 g/mol. The molecule has 2 rings (SSSR count). The van der Waals surface area contributed by atoms with Gasteiger partial charge >= 0.3 is 0 Å². The number of hydrogen-bond acceptors (Lipinski definition) is 9. The highest BCUT2D eigenvalue weighted by Crippen LogP contribution is 2.17. The molecule has 11 nitrogen and oxygen atoms in total. The van der Waals surface area contributed by atoms with E-state index < -0.39 is 0 Å². The molecule has 2 heterocycles. The molecule has 1 amide bonds. The summed E-state index contributed by atoms with van der Waals surface area (Å²) in [7, 11) is 5.27. The Morgan fingerprint density at radius 2 is 1.85 bits per heavy atom. The van der Waals surface area contributed by atoms with Crippen LogP contribution in [-0.4, -0.2) is 118 Å². The van der Waals surface area contributed by atoms with Crippen molar-refractivity contribution >= 4 is 18.5 Å². The number of hydrogen-bond donors (Lipinski definition) is 4. The highest BCUT2D eigenvalue weighted by Gasteiger charge is 2.21. The van der Waals surface area contributed by atoms with Gasteiger partial charge in [0.05, 0.1) is 12.9 Å². The van der Waals surface area contributed by atoms with Gasteiger partial charge in [-0.2, -0.15) is 0 Å². The summed E-state index contributed by atoms with van der Waals surface area (Å²) < 4.78 is 5.35. The van der Waals surface area contributed by atoms with Crippen LogP contribution in [0, 0.1) is 0 Å². The fourth-order valence-corrected chi connectivity index (χ4v) is 4.55. The lowest BCUT2D eigenvalue weighted by Gasteiger charge is -2.35. The van der Waals surface area contributed by atoms with Crippen molar-refractivity contribution in [3.8, 4) is 0 Å². The quantitative estimate of drug-likeness (QED) is 0.0570. The van der Waals surface area contributed by atoms with Crippen LogP contribution in [0.3, 0.4) is 0 Å². The fourth-order valence-electron chi connectivity index (χ4n) is 4.55. The van der Waals surface area contributed by atoms with Crippen LogP contribution in [0.1, 0.15) is 26.7 Å². The summed E-state index contributed by atoms with van der Waals surface area (Å²) in [5.41, 5.74) is 1.52. The normalized spacial score (nSPS) is 19.9. The van der Waals surface area contributed by atoms with Crippen LogP contribution in [0.2, 0.25) is 0 Å². The van der Waals surface area contributed by atoms with E-state index in [4.69, 9.17) is 4.74 Å². The van der Waals surface area contributed by atoms with E-state index in [-0.39, 0.29) is 12.0 Å². The Labute approximate surface area is 239 Å². The fraction of sp³-hybridized carbons (Fsp3) is 0.552. The Kier molecular flexibility index (Phi) is 14.8. The van der Waals surface area contributed by atoms with Crippen LogP contribution in [0.4, 0.5) is 0 Å². The minimum Gasteiger partial charge on any atom is -0.512 e. The predicted molar refractivity (Wildman–Crippen MR) is 163 cm³/mol. The average molecular weight is 557 g/mol. The Morgan fingerprint density at radius 3 is 2.40 bits per heavy atom. The van der Waals surface area contributed by atoms with E-state index in [0.717, 1.165) is 83.0 Å². The van der Waals surface area contributed by atoms with E-state index >= 15 is 0 Å². The van der Waals surface area contributed by atoms with Gasteiger partial charge in [-0.3, -0.25) is 20.1 Å². The van der Waals surface area contributed by atoms with Crippen molar-refractivity contribution in [1.29, 1.82) is 0 Å². The van der Waals surface area contributed by atoms with E-state index in [9.17, 15) is 9.90 Å². The molecule has 0 aromatic heterocycles. The molecule has 1 unspecified atom stereocenters. The molecule has 0 aromatic rings. The second-order valence-corrected chi connectivity index (χ2v) is 9.71. The first kappa shape index (κ1) is 32.8. The Bertz CT molecular complexity index is 1000. The van der Waals surface area contributed by atoms with Gasteiger partial charge in [0.2, 0.25) is 6.41 Å². The van der Waals surface area contributed by atoms with Crippen LogP contribution in [0.25, 0.3) is 0 Å². The number of aliphatic imine (C=N–C) groups is 2. The number of aliphatic hydroxyl groups is 1. The summed E-state index contributed by atoms with van der Waals surface area (Å²) in [6, 6.07) is 0. The van der Waals surface area contributed by atoms with Gasteiger partial charge in [-0.25, -0.2) is 0 Å². The van der Waals surface area contributed by atoms with E-state index in [1.807, 2.05) is 31.0 Å². The first-order valence-corrected chi connectivity index (χ1v) is 13.9. The summed E-state index contributed by atoms with van der Waals surface area (Å²) in [5, 5.41) is 19.3. The second-order valence-electron chi connectivity index (χ2n) is 9.71. The summed E-state index contributed by atoms with van der Waals surface area (Å²) in [6.07, 6.45) is 11.6. The standard InChI is InChI=1S/C29H48N8O3/c1-7-26(23(2)20-25(40-6)21-24(3)39)28(30-4)34-27-10-13-33-29(35(27)5)32-12-9-15-37-18-16-36(17-19-37)14-8-11-31-22-38/h7,10,13,20-22,29,32,39H,2,8-9,11-12,14-19H2,1,3-6H3,(H,30,34)(H,31,38)/b24-21+,25-20+,26-7-. The minimum atomic E-state index is -0.183. The molecule has 1 saturated heterocycles. The van der Waals surface area contributed by atoms with Gasteiger partial charge in [-0.1, -0.05) is 12.7 Å².